The maximum Gasteiger partial charge on any atom is 0.247 e. The second-order valence-electron chi connectivity index (χ2n) is 8.33. The van der Waals surface area contributed by atoms with Crippen molar-refractivity contribution in [3.05, 3.63) is 66.3 Å². The van der Waals surface area contributed by atoms with E-state index in [-0.39, 0.29) is 22.8 Å². The number of nitrogens with one attached hydrogen (secondary N) is 2. The molecule has 1 aliphatic heterocycles. The summed E-state index contributed by atoms with van der Waals surface area (Å²) in [7, 11) is -1.65. The van der Waals surface area contributed by atoms with Gasteiger partial charge in [0.25, 0.3) is 0 Å². The number of halogens is 1. The van der Waals surface area contributed by atoms with Crippen LogP contribution in [0.1, 0.15) is 0 Å². The largest absolute Gasteiger partial charge is 0.494 e. The second-order valence-corrected chi connectivity index (χ2v) is 10.7. The molecule has 0 aliphatic carbocycles. The quantitative estimate of drug-likeness (QED) is 0.376. The molecule has 1 fully saturated rings. The molecule has 38 heavy (non-hydrogen) atoms. The number of sulfonamides is 1. The lowest BCUT2D eigenvalue weighted by atomic mass is 10.2. The van der Waals surface area contributed by atoms with Crippen LogP contribution in [-0.4, -0.2) is 68.1 Å². The topological polar surface area (TPSA) is 126 Å². The number of ether oxygens (including phenoxy) is 2. The van der Waals surface area contributed by atoms with Gasteiger partial charge in [-0.2, -0.15) is 9.29 Å². The first kappa shape index (κ1) is 27.2. The van der Waals surface area contributed by atoms with Crippen molar-refractivity contribution in [1.82, 2.24) is 14.3 Å². The Bertz CT molecular complexity index is 1440. The summed E-state index contributed by atoms with van der Waals surface area (Å²) in [5.41, 5.74) is 2.05. The smallest absolute Gasteiger partial charge is 0.247 e. The normalized spacial score (nSPS) is 14.0. The highest BCUT2D eigenvalue weighted by Gasteiger charge is 2.24. The van der Waals surface area contributed by atoms with Gasteiger partial charge in [0.15, 0.2) is 0 Å². The van der Waals surface area contributed by atoms with Gasteiger partial charge in [0, 0.05) is 49.7 Å². The van der Waals surface area contributed by atoms with Crippen LogP contribution in [0, 0.1) is 0 Å². The van der Waals surface area contributed by atoms with E-state index in [4.69, 9.17) is 21.1 Å². The Hall–Kier alpha value is -3.87. The van der Waals surface area contributed by atoms with Crippen molar-refractivity contribution in [1.29, 1.82) is 0 Å². The van der Waals surface area contributed by atoms with Gasteiger partial charge in [-0.25, -0.2) is 13.4 Å². The number of benzene rings is 2. The van der Waals surface area contributed by atoms with E-state index >= 15 is 0 Å². The first-order valence-electron chi connectivity index (χ1n) is 11.6. The molecule has 1 amide bonds. The number of hydrogen-bond acceptors (Lipinski definition) is 9. The van der Waals surface area contributed by atoms with E-state index in [1.807, 2.05) is 18.2 Å². The molecule has 11 nitrogen and oxygen atoms in total. The van der Waals surface area contributed by atoms with Crippen molar-refractivity contribution >= 4 is 50.5 Å². The molecule has 13 heteroatoms. The van der Waals surface area contributed by atoms with Crippen LogP contribution >= 0.6 is 11.6 Å². The van der Waals surface area contributed by atoms with E-state index in [0.29, 0.717) is 49.1 Å². The van der Waals surface area contributed by atoms with Gasteiger partial charge in [0.2, 0.25) is 27.8 Å². The fourth-order valence-corrected chi connectivity index (χ4v) is 4.76. The number of hydrogen-bond donors (Lipinski definition) is 2. The van der Waals surface area contributed by atoms with Gasteiger partial charge in [0.1, 0.15) is 16.5 Å². The van der Waals surface area contributed by atoms with Crippen molar-refractivity contribution < 1.29 is 22.7 Å². The zero-order valence-corrected chi connectivity index (χ0v) is 22.4. The number of anilines is 4. The van der Waals surface area contributed by atoms with E-state index in [1.54, 1.807) is 31.4 Å². The minimum absolute atomic E-state index is 0.121. The van der Waals surface area contributed by atoms with Gasteiger partial charge < -0.3 is 25.0 Å². The van der Waals surface area contributed by atoms with Crippen LogP contribution in [-0.2, 0) is 14.8 Å². The maximum absolute atomic E-state index is 11.8. The summed E-state index contributed by atoms with van der Waals surface area (Å²) in [5.74, 6) is 0.977. The van der Waals surface area contributed by atoms with Crippen LogP contribution in [0.25, 0.3) is 0 Å². The molecule has 3 aromatic rings. The monoisotopic (exact) mass is 558 g/mol. The van der Waals surface area contributed by atoms with Crippen LogP contribution in [0.3, 0.4) is 0 Å². The molecule has 0 unspecified atom stereocenters. The SMILES string of the molecule is C=CC(=O)Nc1cccc(Oc2nc(Nc3ccc(N4CCN(S(C)(=O)=O)CC4)cc3OC)ncc2Cl)c1. The van der Waals surface area contributed by atoms with E-state index in [9.17, 15) is 13.2 Å². The Labute approximate surface area is 226 Å². The van der Waals surface area contributed by atoms with Crippen molar-refractivity contribution in [3.8, 4) is 17.4 Å². The summed E-state index contributed by atoms with van der Waals surface area (Å²) >= 11 is 6.27. The van der Waals surface area contributed by atoms with E-state index in [2.05, 4.69) is 32.1 Å². The number of aromatic nitrogens is 2. The van der Waals surface area contributed by atoms with Gasteiger partial charge in [-0.1, -0.05) is 24.2 Å². The molecule has 2 aromatic carbocycles. The van der Waals surface area contributed by atoms with Gasteiger partial charge >= 0.3 is 0 Å². The summed E-state index contributed by atoms with van der Waals surface area (Å²) in [4.78, 5) is 22.3. The fraction of sp³-hybridized carbons (Fsp3) is 0.240. The summed E-state index contributed by atoms with van der Waals surface area (Å²) in [6, 6.07) is 12.4. The second kappa shape index (κ2) is 11.7. The van der Waals surface area contributed by atoms with Crippen molar-refractivity contribution in [2.24, 2.45) is 0 Å². The third kappa shape index (κ3) is 6.71. The summed E-state index contributed by atoms with van der Waals surface area (Å²) < 4.78 is 36.5. The van der Waals surface area contributed by atoms with Gasteiger partial charge in [-0.3, -0.25) is 4.79 Å². The minimum Gasteiger partial charge on any atom is -0.494 e. The number of rotatable bonds is 9. The highest BCUT2D eigenvalue weighted by atomic mass is 35.5. The molecule has 4 rings (SSSR count). The Balaban J connectivity index is 1.48. The molecule has 2 heterocycles. The van der Waals surface area contributed by atoms with E-state index in [1.165, 1.54) is 22.8 Å². The fourth-order valence-electron chi connectivity index (χ4n) is 3.80. The van der Waals surface area contributed by atoms with Crippen molar-refractivity contribution in [2.45, 2.75) is 0 Å². The third-order valence-electron chi connectivity index (χ3n) is 5.72. The number of methoxy groups -OCH3 is 1. The summed E-state index contributed by atoms with van der Waals surface area (Å²) in [6.45, 7) is 5.43. The Morgan fingerprint density at radius 3 is 2.61 bits per heavy atom. The third-order valence-corrected chi connectivity index (χ3v) is 7.28. The molecule has 0 spiro atoms. The molecule has 0 atom stereocenters. The summed E-state index contributed by atoms with van der Waals surface area (Å²) in [5, 5.41) is 5.98. The molecule has 1 aromatic heterocycles. The molecule has 2 N–H and O–H groups in total. The highest BCUT2D eigenvalue weighted by Crippen LogP contribution is 2.34. The lowest BCUT2D eigenvalue weighted by Gasteiger charge is -2.35. The predicted octanol–water partition coefficient (Wildman–Crippen LogP) is 3.88. The Morgan fingerprint density at radius 2 is 1.92 bits per heavy atom. The molecule has 0 radical (unpaired) electrons. The molecule has 0 saturated carbocycles. The van der Waals surface area contributed by atoms with E-state index < -0.39 is 10.0 Å². The average Bonchev–Trinajstić information content (AvgIpc) is 2.90. The predicted molar refractivity (Wildman–Crippen MR) is 147 cm³/mol. The van der Waals surface area contributed by atoms with Gasteiger partial charge in [-0.15, -0.1) is 0 Å². The van der Waals surface area contributed by atoms with Crippen molar-refractivity contribution in [3.63, 3.8) is 0 Å². The first-order valence-corrected chi connectivity index (χ1v) is 13.8. The van der Waals surface area contributed by atoms with Crippen molar-refractivity contribution in [2.75, 3.05) is 55.1 Å². The Kier molecular flexibility index (Phi) is 8.35. The molecular weight excluding hydrogens is 532 g/mol. The standard InChI is InChI=1S/C25H27ClN6O5S/c1-4-23(33)28-17-6-5-7-19(14-17)37-24-20(26)16-27-25(30-24)29-21-9-8-18(15-22(21)36-2)31-10-12-32(13-11-31)38(3,34)35/h4-9,14-16H,1,10-13H2,2-3H3,(H,28,33)(H,27,29,30). The number of piperazine rings is 1. The molecule has 200 valence electrons. The zero-order valence-electron chi connectivity index (χ0n) is 20.8. The lowest BCUT2D eigenvalue weighted by Crippen LogP contribution is -2.48. The maximum atomic E-state index is 11.8. The van der Waals surface area contributed by atoms with Crippen LogP contribution < -0.4 is 25.0 Å². The number of carbonyl (C=O) groups excluding carboxylic acids is 1. The van der Waals surface area contributed by atoms with Crippen LogP contribution in [0.5, 0.6) is 17.4 Å². The minimum atomic E-state index is -3.20. The van der Waals surface area contributed by atoms with Gasteiger partial charge in [-0.05, 0) is 30.3 Å². The molecular formula is C25H27ClN6O5S. The molecule has 1 saturated heterocycles. The highest BCUT2D eigenvalue weighted by molar-refractivity contribution is 7.88. The summed E-state index contributed by atoms with van der Waals surface area (Å²) in [6.07, 6.45) is 3.81. The first-order chi connectivity index (χ1) is 18.2. The number of amides is 1. The van der Waals surface area contributed by atoms with E-state index in [0.717, 1.165) is 5.69 Å². The molecule has 0 bridgehead atoms. The van der Waals surface area contributed by atoms with Crippen LogP contribution in [0.15, 0.2) is 61.3 Å². The zero-order chi connectivity index (χ0) is 27.3. The Morgan fingerprint density at radius 1 is 1.16 bits per heavy atom. The van der Waals surface area contributed by atoms with Crippen LogP contribution in [0.4, 0.5) is 23.0 Å². The van der Waals surface area contributed by atoms with Crippen LogP contribution in [0.2, 0.25) is 5.02 Å². The number of nitrogens with zero attached hydrogens (tertiary/aromatic N) is 4. The molecule has 1 aliphatic rings. The van der Waals surface area contributed by atoms with Gasteiger partial charge in [0.05, 0.1) is 25.2 Å². The number of carbonyl (C=O) groups is 1. The average molecular weight is 559 g/mol. The lowest BCUT2D eigenvalue weighted by molar-refractivity contribution is -0.111.